The fourth-order valence-electron chi connectivity index (χ4n) is 1.28. The summed E-state index contributed by atoms with van der Waals surface area (Å²) in [4.78, 5) is 11.4. The number of nitrogens with zero attached hydrogens (tertiary/aromatic N) is 3. The highest BCUT2D eigenvalue weighted by atomic mass is 16.5. The lowest BCUT2D eigenvalue weighted by Gasteiger charge is -2.00. The number of ether oxygens (including phenoxy) is 1. The molecule has 0 aromatic carbocycles. The van der Waals surface area contributed by atoms with Gasteiger partial charge in [-0.25, -0.2) is 4.79 Å². The van der Waals surface area contributed by atoms with E-state index in [1.54, 1.807) is 6.07 Å². The fraction of sp³-hybridized carbons (Fsp3) is 0.200. The summed E-state index contributed by atoms with van der Waals surface area (Å²) in [5.74, 6) is -0.477. The molecule has 0 unspecified atom stereocenters. The Kier molecular flexibility index (Phi) is 2.63. The molecular weight excluding hydrogens is 208 g/mol. The van der Waals surface area contributed by atoms with Crippen LogP contribution in [-0.2, 0) is 4.74 Å². The van der Waals surface area contributed by atoms with E-state index in [2.05, 4.69) is 25.1 Å². The highest BCUT2D eigenvalue weighted by Gasteiger charge is 2.16. The van der Waals surface area contributed by atoms with Crippen molar-refractivity contribution in [1.29, 1.82) is 0 Å². The average Bonchev–Trinajstić information content (AvgIpc) is 2.78. The summed E-state index contributed by atoms with van der Waals surface area (Å²) >= 11 is 0. The Hall–Kier alpha value is -2.24. The lowest BCUT2D eigenvalue weighted by molar-refractivity contribution is 0.0595. The van der Waals surface area contributed by atoms with Crippen molar-refractivity contribution in [2.75, 3.05) is 7.11 Å². The van der Waals surface area contributed by atoms with Crippen molar-refractivity contribution in [2.45, 2.75) is 6.92 Å². The first-order valence-corrected chi connectivity index (χ1v) is 4.64. The van der Waals surface area contributed by atoms with Crippen LogP contribution in [0.4, 0.5) is 0 Å². The molecular formula is C10H10N4O2. The second-order valence-electron chi connectivity index (χ2n) is 3.21. The van der Waals surface area contributed by atoms with E-state index in [0.717, 1.165) is 5.69 Å². The van der Waals surface area contributed by atoms with Crippen LogP contribution in [-0.4, -0.2) is 33.5 Å². The number of aromatic amines is 1. The van der Waals surface area contributed by atoms with Gasteiger partial charge in [0.2, 0.25) is 0 Å². The molecule has 2 aromatic rings. The number of carbonyl (C=O) groups excluding carboxylic acids is 1. The number of aromatic nitrogens is 4. The molecule has 0 amide bonds. The number of hydrogen-bond donors (Lipinski definition) is 1. The molecule has 0 aliphatic carbocycles. The van der Waals surface area contributed by atoms with E-state index in [9.17, 15) is 4.79 Å². The minimum atomic E-state index is -0.477. The number of aryl methyl sites for hydroxylation is 1. The number of nitrogens with one attached hydrogen (secondary N) is 1. The molecule has 1 N–H and O–H groups in total. The molecule has 0 aliphatic rings. The van der Waals surface area contributed by atoms with Crippen LogP contribution in [0.3, 0.4) is 0 Å². The smallest absolute Gasteiger partial charge is 0.356 e. The highest BCUT2D eigenvalue weighted by Crippen LogP contribution is 2.19. The number of methoxy groups -OCH3 is 1. The van der Waals surface area contributed by atoms with E-state index in [1.165, 1.54) is 13.3 Å². The zero-order valence-corrected chi connectivity index (χ0v) is 8.89. The second kappa shape index (κ2) is 4.09. The summed E-state index contributed by atoms with van der Waals surface area (Å²) < 4.78 is 4.62. The van der Waals surface area contributed by atoms with Gasteiger partial charge < -0.3 is 4.74 Å². The summed E-state index contributed by atoms with van der Waals surface area (Å²) in [6, 6.07) is 3.59. The summed E-state index contributed by atoms with van der Waals surface area (Å²) in [7, 11) is 1.31. The van der Waals surface area contributed by atoms with Crippen LogP contribution in [0.2, 0.25) is 0 Å². The molecule has 0 spiro atoms. The van der Waals surface area contributed by atoms with Crippen molar-refractivity contribution in [3.8, 4) is 11.3 Å². The molecule has 6 nitrogen and oxygen atoms in total. The fourth-order valence-corrected chi connectivity index (χ4v) is 1.28. The largest absolute Gasteiger partial charge is 0.464 e. The first kappa shape index (κ1) is 10.3. The van der Waals surface area contributed by atoms with E-state index in [0.29, 0.717) is 11.3 Å². The standard InChI is InChI=1S/C10H10N4O2/c1-6-3-4-8(13-12-6)7-5-11-14-9(7)10(15)16-2/h3-5H,1-2H3,(H,11,14). The Morgan fingerprint density at radius 1 is 1.38 bits per heavy atom. The summed E-state index contributed by atoms with van der Waals surface area (Å²) in [6.07, 6.45) is 1.52. The molecule has 0 aliphatic heterocycles. The van der Waals surface area contributed by atoms with Gasteiger partial charge >= 0.3 is 5.97 Å². The number of carbonyl (C=O) groups is 1. The predicted octanol–water partition coefficient (Wildman–Crippen LogP) is 0.962. The number of H-pyrrole nitrogens is 1. The predicted molar refractivity (Wildman–Crippen MR) is 55.7 cm³/mol. The SMILES string of the molecule is COC(=O)c1[nH]ncc1-c1ccc(C)nn1. The van der Waals surface area contributed by atoms with Crippen LogP contribution >= 0.6 is 0 Å². The summed E-state index contributed by atoms with van der Waals surface area (Å²) in [5.41, 5.74) is 2.26. The van der Waals surface area contributed by atoms with Gasteiger partial charge in [0, 0.05) is 0 Å². The monoisotopic (exact) mass is 218 g/mol. The third kappa shape index (κ3) is 1.77. The quantitative estimate of drug-likeness (QED) is 0.759. The van der Waals surface area contributed by atoms with Crippen LogP contribution < -0.4 is 0 Å². The molecule has 82 valence electrons. The molecule has 16 heavy (non-hydrogen) atoms. The summed E-state index contributed by atoms with van der Waals surface area (Å²) in [5, 5.41) is 14.3. The first-order chi connectivity index (χ1) is 7.72. The van der Waals surface area contributed by atoms with Crippen molar-refractivity contribution < 1.29 is 9.53 Å². The van der Waals surface area contributed by atoms with Gasteiger partial charge in [-0.1, -0.05) is 0 Å². The molecule has 0 saturated heterocycles. The average molecular weight is 218 g/mol. The Bertz CT molecular complexity index is 504. The van der Waals surface area contributed by atoms with E-state index in [1.807, 2.05) is 13.0 Å². The number of rotatable bonds is 2. The van der Waals surface area contributed by atoms with Crippen molar-refractivity contribution >= 4 is 5.97 Å². The lowest BCUT2D eigenvalue weighted by atomic mass is 10.1. The Balaban J connectivity index is 2.44. The molecule has 0 saturated carbocycles. The molecule has 2 heterocycles. The van der Waals surface area contributed by atoms with Gasteiger partial charge in [0.1, 0.15) is 0 Å². The van der Waals surface area contributed by atoms with E-state index < -0.39 is 5.97 Å². The van der Waals surface area contributed by atoms with E-state index in [4.69, 9.17) is 0 Å². The maximum atomic E-state index is 11.4. The highest BCUT2D eigenvalue weighted by molar-refractivity contribution is 5.94. The second-order valence-corrected chi connectivity index (χ2v) is 3.21. The minimum Gasteiger partial charge on any atom is -0.464 e. The van der Waals surface area contributed by atoms with Gasteiger partial charge in [0.05, 0.1) is 30.3 Å². The third-order valence-corrected chi connectivity index (χ3v) is 2.10. The van der Waals surface area contributed by atoms with Crippen LogP contribution in [0.25, 0.3) is 11.3 Å². The zero-order chi connectivity index (χ0) is 11.5. The minimum absolute atomic E-state index is 0.278. The van der Waals surface area contributed by atoms with Gasteiger partial charge in [-0.15, -0.1) is 0 Å². The van der Waals surface area contributed by atoms with Gasteiger partial charge in [-0.3, -0.25) is 5.10 Å². The molecule has 6 heteroatoms. The van der Waals surface area contributed by atoms with Crippen molar-refractivity contribution in [3.63, 3.8) is 0 Å². The molecule has 2 rings (SSSR count). The van der Waals surface area contributed by atoms with Gasteiger partial charge in [0.15, 0.2) is 5.69 Å². The third-order valence-electron chi connectivity index (χ3n) is 2.10. The van der Waals surface area contributed by atoms with Crippen LogP contribution in [0.1, 0.15) is 16.2 Å². The molecule has 2 aromatic heterocycles. The number of hydrogen-bond acceptors (Lipinski definition) is 5. The maximum absolute atomic E-state index is 11.4. The number of esters is 1. The van der Waals surface area contributed by atoms with Crippen LogP contribution in [0.15, 0.2) is 18.3 Å². The van der Waals surface area contributed by atoms with Crippen molar-refractivity contribution in [3.05, 3.63) is 29.7 Å². The van der Waals surface area contributed by atoms with Gasteiger partial charge in [0.25, 0.3) is 0 Å². The van der Waals surface area contributed by atoms with Crippen molar-refractivity contribution in [1.82, 2.24) is 20.4 Å². The molecule has 0 fully saturated rings. The first-order valence-electron chi connectivity index (χ1n) is 4.64. The van der Waals surface area contributed by atoms with Crippen molar-refractivity contribution in [2.24, 2.45) is 0 Å². The van der Waals surface area contributed by atoms with Gasteiger partial charge in [-0.2, -0.15) is 15.3 Å². The van der Waals surface area contributed by atoms with Crippen LogP contribution in [0.5, 0.6) is 0 Å². The van der Waals surface area contributed by atoms with Crippen LogP contribution in [0, 0.1) is 6.92 Å². The topological polar surface area (TPSA) is 80.8 Å². The van der Waals surface area contributed by atoms with E-state index in [-0.39, 0.29) is 5.69 Å². The normalized spacial score (nSPS) is 10.1. The Labute approximate surface area is 91.7 Å². The zero-order valence-electron chi connectivity index (χ0n) is 8.89. The Morgan fingerprint density at radius 3 is 2.81 bits per heavy atom. The molecule has 0 radical (unpaired) electrons. The van der Waals surface area contributed by atoms with E-state index >= 15 is 0 Å². The van der Waals surface area contributed by atoms with Gasteiger partial charge in [-0.05, 0) is 19.1 Å². The molecule has 0 bridgehead atoms. The lowest BCUT2D eigenvalue weighted by Crippen LogP contribution is -2.04. The Morgan fingerprint density at radius 2 is 2.19 bits per heavy atom. The maximum Gasteiger partial charge on any atom is 0.356 e. The molecule has 0 atom stereocenters. The summed E-state index contributed by atoms with van der Waals surface area (Å²) in [6.45, 7) is 1.84.